The van der Waals surface area contributed by atoms with Crippen LogP contribution in [0.1, 0.15) is 39.8 Å². The van der Waals surface area contributed by atoms with Crippen LogP contribution in [0, 0.1) is 0 Å². The van der Waals surface area contributed by atoms with E-state index in [0.29, 0.717) is 11.1 Å². The predicted octanol–water partition coefficient (Wildman–Crippen LogP) is 2.42. The standard InChI is InChI=1S/C30H26O11/c31-13-1-11-2-17(22(35)8-15(11)20(33)5-13)16-9-24(37)29(40)27-18(16)3-12(4-23(36)28(27)39)30-25(38)10-19-21(34)6-14(32)7-26(19)41-30/h1,3-7,9,17,22,25,30-35,37-38,40H,2,8,10H2,(H,36,39)/t17-,22-,25-,30?/m1/s1. The summed E-state index contributed by atoms with van der Waals surface area (Å²) in [6, 6.07) is 8.63. The summed E-state index contributed by atoms with van der Waals surface area (Å²) in [5.41, 5.74) is 0.531. The first-order valence-electron chi connectivity index (χ1n) is 12.8. The van der Waals surface area contributed by atoms with E-state index in [9.17, 15) is 50.8 Å². The van der Waals surface area contributed by atoms with Gasteiger partial charge >= 0.3 is 0 Å². The molecule has 1 unspecified atom stereocenters. The number of aromatic hydroxyl groups is 7. The Hall–Kier alpha value is -4.87. The molecule has 0 radical (unpaired) electrons. The molecule has 0 saturated heterocycles. The van der Waals surface area contributed by atoms with Crippen LogP contribution in [0.25, 0.3) is 10.8 Å². The molecular formula is C30H26O11. The molecule has 6 rings (SSSR count). The number of benzene rings is 3. The average molecular weight is 563 g/mol. The number of hydrogen-bond acceptors (Lipinski definition) is 11. The summed E-state index contributed by atoms with van der Waals surface area (Å²) >= 11 is 0. The van der Waals surface area contributed by atoms with Gasteiger partial charge < -0.3 is 50.7 Å². The highest BCUT2D eigenvalue weighted by atomic mass is 16.5. The minimum Gasteiger partial charge on any atom is -0.508 e. The molecule has 2 aliphatic rings. The zero-order chi connectivity index (χ0) is 29.3. The summed E-state index contributed by atoms with van der Waals surface area (Å²) in [6.07, 6.45) is -3.59. The van der Waals surface area contributed by atoms with E-state index in [1.165, 1.54) is 30.3 Å². The molecule has 0 bridgehead atoms. The molecule has 11 nitrogen and oxygen atoms in total. The molecule has 9 N–H and O–H groups in total. The first-order chi connectivity index (χ1) is 19.4. The lowest BCUT2D eigenvalue weighted by Crippen LogP contribution is -2.30. The van der Waals surface area contributed by atoms with Gasteiger partial charge in [-0.2, -0.15) is 0 Å². The van der Waals surface area contributed by atoms with Gasteiger partial charge in [0.1, 0.15) is 34.9 Å². The number of hydrogen-bond donors (Lipinski definition) is 9. The van der Waals surface area contributed by atoms with E-state index in [0.717, 1.165) is 12.1 Å². The fraction of sp³-hybridized carbons (Fsp3) is 0.233. The second kappa shape index (κ2) is 9.36. The third-order valence-corrected chi connectivity index (χ3v) is 7.96. The maximum Gasteiger partial charge on any atom is 0.231 e. The van der Waals surface area contributed by atoms with Crippen LogP contribution >= 0.6 is 0 Å². The SMILES string of the molecule is O=c1c(O)cc(C2Oc3cc(O)cc(O)c3C[C@H]2O)cc2c([C@H]3Cc4cc(O)cc(O)c4C[C@H]3O)cc(O)c(O)c12. The molecule has 1 heterocycles. The van der Waals surface area contributed by atoms with Gasteiger partial charge in [0.25, 0.3) is 0 Å². The van der Waals surface area contributed by atoms with Crippen molar-refractivity contribution in [1.82, 2.24) is 0 Å². The van der Waals surface area contributed by atoms with Gasteiger partial charge in [-0.25, -0.2) is 0 Å². The maximum atomic E-state index is 13.3. The van der Waals surface area contributed by atoms with Crippen LogP contribution in [0.4, 0.5) is 0 Å². The van der Waals surface area contributed by atoms with Crippen molar-refractivity contribution in [2.24, 2.45) is 0 Å². The summed E-state index contributed by atoms with van der Waals surface area (Å²) in [5.74, 6) is -3.91. The van der Waals surface area contributed by atoms with E-state index < -0.39 is 52.3 Å². The van der Waals surface area contributed by atoms with E-state index >= 15 is 0 Å². The van der Waals surface area contributed by atoms with Gasteiger partial charge in [0.2, 0.25) is 5.43 Å². The predicted molar refractivity (Wildman–Crippen MR) is 144 cm³/mol. The normalized spacial score (nSPS) is 21.6. The van der Waals surface area contributed by atoms with Crippen LogP contribution in [-0.2, 0) is 19.3 Å². The number of fused-ring (bicyclic) bond motifs is 3. The minimum atomic E-state index is -1.27. The van der Waals surface area contributed by atoms with Gasteiger partial charge in [-0.3, -0.25) is 4.79 Å². The van der Waals surface area contributed by atoms with Gasteiger partial charge in [-0.05, 0) is 58.3 Å². The molecular weight excluding hydrogens is 536 g/mol. The van der Waals surface area contributed by atoms with Crippen molar-refractivity contribution in [3.63, 3.8) is 0 Å². The molecule has 1 aliphatic heterocycles. The number of phenols is 6. The van der Waals surface area contributed by atoms with Crippen molar-refractivity contribution in [1.29, 1.82) is 0 Å². The van der Waals surface area contributed by atoms with E-state index in [2.05, 4.69) is 0 Å². The molecule has 11 heteroatoms. The first kappa shape index (κ1) is 26.4. The Morgan fingerprint density at radius 2 is 1.32 bits per heavy atom. The zero-order valence-corrected chi connectivity index (χ0v) is 21.3. The van der Waals surface area contributed by atoms with Gasteiger partial charge in [0.05, 0.1) is 17.6 Å². The van der Waals surface area contributed by atoms with Gasteiger partial charge in [0.15, 0.2) is 17.2 Å². The molecule has 0 aromatic heterocycles. The molecule has 0 amide bonds. The minimum absolute atomic E-state index is 0.00916. The smallest absolute Gasteiger partial charge is 0.231 e. The Bertz CT molecular complexity index is 1800. The van der Waals surface area contributed by atoms with Crippen molar-refractivity contribution in [3.8, 4) is 46.0 Å². The van der Waals surface area contributed by atoms with Crippen LogP contribution in [0.2, 0.25) is 0 Å². The first-order valence-corrected chi connectivity index (χ1v) is 12.8. The molecule has 0 fully saturated rings. The maximum absolute atomic E-state index is 13.3. The third kappa shape index (κ3) is 4.26. The number of aliphatic hydroxyl groups excluding tert-OH is 2. The Balaban J connectivity index is 1.56. The lowest BCUT2D eigenvalue weighted by molar-refractivity contribution is 0.0198. The molecule has 4 aromatic rings. The van der Waals surface area contributed by atoms with Crippen LogP contribution < -0.4 is 10.2 Å². The Labute approximate surface area is 231 Å². The fourth-order valence-electron chi connectivity index (χ4n) is 6.02. The highest BCUT2D eigenvalue weighted by molar-refractivity contribution is 5.94. The van der Waals surface area contributed by atoms with E-state index in [1.807, 2.05) is 0 Å². The fourth-order valence-corrected chi connectivity index (χ4v) is 6.02. The largest absolute Gasteiger partial charge is 0.508 e. The summed E-state index contributed by atoms with van der Waals surface area (Å²) in [4.78, 5) is 13.3. The van der Waals surface area contributed by atoms with E-state index in [4.69, 9.17) is 4.74 Å². The Morgan fingerprint density at radius 1 is 0.659 bits per heavy atom. The van der Waals surface area contributed by atoms with Crippen molar-refractivity contribution >= 4 is 10.8 Å². The quantitative estimate of drug-likeness (QED) is 0.162. The summed E-state index contributed by atoms with van der Waals surface area (Å²) in [6.45, 7) is 0. The zero-order valence-electron chi connectivity index (χ0n) is 21.3. The summed E-state index contributed by atoms with van der Waals surface area (Å²) in [5, 5.41) is 94.1. The second-order valence-corrected chi connectivity index (χ2v) is 10.6. The van der Waals surface area contributed by atoms with Crippen LogP contribution in [0.15, 0.2) is 47.3 Å². The molecule has 212 valence electrons. The number of rotatable bonds is 2. The lowest BCUT2D eigenvalue weighted by atomic mass is 9.76. The van der Waals surface area contributed by atoms with Gasteiger partial charge in [0, 0.05) is 42.5 Å². The summed E-state index contributed by atoms with van der Waals surface area (Å²) in [7, 11) is 0. The molecule has 0 spiro atoms. The molecule has 4 atom stereocenters. The average Bonchev–Trinajstić information content (AvgIpc) is 3.03. The second-order valence-electron chi connectivity index (χ2n) is 10.6. The monoisotopic (exact) mass is 562 g/mol. The number of aliphatic hydroxyl groups is 2. The van der Waals surface area contributed by atoms with Crippen LogP contribution in [0.3, 0.4) is 0 Å². The number of phenolic OH excluding ortho intramolecular Hbond substituents is 6. The van der Waals surface area contributed by atoms with E-state index in [-0.39, 0.29) is 70.1 Å². The third-order valence-electron chi connectivity index (χ3n) is 7.96. The van der Waals surface area contributed by atoms with Crippen molar-refractivity contribution < 1.29 is 50.7 Å². The molecule has 4 aromatic carbocycles. The van der Waals surface area contributed by atoms with Crippen LogP contribution in [-0.4, -0.2) is 58.2 Å². The van der Waals surface area contributed by atoms with E-state index in [1.54, 1.807) is 0 Å². The molecule has 0 saturated carbocycles. The highest BCUT2D eigenvalue weighted by Gasteiger charge is 2.35. The van der Waals surface area contributed by atoms with Crippen molar-refractivity contribution in [2.75, 3.05) is 0 Å². The summed E-state index contributed by atoms with van der Waals surface area (Å²) < 4.78 is 5.91. The molecule has 41 heavy (non-hydrogen) atoms. The molecule has 1 aliphatic carbocycles. The highest BCUT2D eigenvalue weighted by Crippen LogP contribution is 2.46. The topological polar surface area (TPSA) is 208 Å². The van der Waals surface area contributed by atoms with Crippen LogP contribution in [0.5, 0.6) is 46.0 Å². The lowest BCUT2D eigenvalue weighted by Gasteiger charge is -2.32. The van der Waals surface area contributed by atoms with Gasteiger partial charge in [-0.15, -0.1) is 0 Å². The van der Waals surface area contributed by atoms with Gasteiger partial charge in [-0.1, -0.05) is 0 Å². The number of ether oxygens (including phenoxy) is 1. The van der Waals surface area contributed by atoms with Crippen molar-refractivity contribution in [3.05, 3.63) is 80.5 Å². The Morgan fingerprint density at radius 3 is 2.05 bits per heavy atom. The van der Waals surface area contributed by atoms with Crippen molar-refractivity contribution in [2.45, 2.75) is 43.5 Å². The Kier molecular flexibility index (Phi) is 6.02.